The highest BCUT2D eigenvalue weighted by Gasteiger charge is 2.47. The van der Waals surface area contributed by atoms with Crippen LogP contribution in [0.25, 0.3) is 11.6 Å². The molecular weight excluding hydrogens is 1010 g/mol. The molecular formula is C47H60N6O17P3+. The van der Waals surface area contributed by atoms with Gasteiger partial charge in [-0.25, -0.2) is 23.1 Å². The van der Waals surface area contributed by atoms with Gasteiger partial charge >= 0.3 is 29.2 Å². The first kappa shape index (κ1) is 55.5. The number of aromatic amines is 1. The molecule has 7 rings (SSSR count). The Morgan fingerprint density at radius 3 is 2.38 bits per heavy atom. The second-order valence-corrected chi connectivity index (χ2v) is 23.0. The molecule has 8 N–H and O–H groups in total. The SMILES string of the molecule is CC[N+]1=c2cc3c(cc2CCC1)=C(c1ccccc1C(=O)N(C)CCCC(=O)NC/C=C/c1cn([C@@H]2O[C@H](COP(=O)(O)OP(=O)(O)OP(=O)(O)O)[C@@H](O)[C@H]2O)c(=O)[nH]c1=O)c1ccc(N(C)C)cc1C3(C)C. The summed E-state index contributed by atoms with van der Waals surface area (Å²) in [6.07, 6.45) is -1.19. The number of aliphatic hydroxyl groups excluding tert-OH is 2. The first-order valence-electron chi connectivity index (χ1n) is 23.3. The molecule has 23 nitrogen and oxygen atoms in total. The molecule has 2 amide bonds. The molecule has 3 heterocycles. The van der Waals surface area contributed by atoms with Crippen LogP contribution in [0.5, 0.6) is 0 Å². The molecule has 26 heteroatoms. The van der Waals surface area contributed by atoms with E-state index < -0.39 is 65.9 Å². The van der Waals surface area contributed by atoms with Crippen LogP contribution in [0.2, 0.25) is 0 Å². The lowest BCUT2D eigenvalue weighted by Crippen LogP contribution is -2.43. The van der Waals surface area contributed by atoms with Gasteiger partial charge in [-0.05, 0) is 77.1 Å². The summed E-state index contributed by atoms with van der Waals surface area (Å²) in [6.45, 7) is 7.70. The van der Waals surface area contributed by atoms with Crippen molar-refractivity contribution in [3.63, 3.8) is 0 Å². The average Bonchev–Trinajstić information content (AvgIpc) is 3.59. The number of nitrogens with zero attached hydrogens (tertiary/aromatic N) is 4. The number of anilines is 1. The van der Waals surface area contributed by atoms with Gasteiger partial charge in [0.2, 0.25) is 11.3 Å². The zero-order chi connectivity index (χ0) is 53.4. The van der Waals surface area contributed by atoms with Crippen LogP contribution in [-0.2, 0) is 48.2 Å². The molecule has 4 aromatic rings. The molecule has 1 aromatic heterocycles. The minimum Gasteiger partial charge on any atom is -0.387 e. The topological polar surface area (TPSA) is 320 Å². The van der Waals surface area contributed by atoms with Crippen molar-refractivity contribution in [2.24, 2.45) is 0 Å². The number of phosphoric acid groups is 3. The molecule has 3 aromatic carbocycles. The zero-order valence-corrected chi connectivity index (χ0v) is 43.6. The number of carbonyl (C=O) groups is 2. The minimum atomic E-state index is -5.85. The number of aryl methyl sites for hydroxylation is 1. The van der Waals surface area contributed by atoms with Crippen LogP contribution >= 0.6 is 23.5 Å². The van der Waals surface area contributed by atoms with Gasteiger partial charge in [0, 0.05) is 81.6 Å². The maximum Gasteiger partial charge on any atom is 0.490 e. The zero-order valence-electron chi connectivity index (χ0n) is 40.9. The van der Waals surface area contributed by atoms with E-state index in [2.05, 4.69) is 79.0 Å². The molecule has 2 unspecified atom stereocenters. The van der Waals surface area contributed by atoms with Crippen LogP contribution in [0, 0.1) is 0 Å². The molecule has 0 radical (unpaired) electrons. The largest absolute Gasteiger partial charge is 0.490 e. The van der Waals surface area contributed by atoms with E-state index >= 15 is 0 Å². The summed E-state index contributed by atoms with van der Waals surface area (Å²) >= 11 is 0. The Morgan fingerprint density at radius 1 is 0.959 bits per heavy atom. The Kier molecular flexibility index (Phi) is 16.7. The van der Waals surface area contributed by atoms with Gasteiger partial charge in [-0.1, -0.05) is 50.3 Å². The summed E-state index contributed by atoms with van der Waals surface area (Å²) in [4.78, 5) is 95.1. The van der Waals surface area contributed by atoms with Gasteiger partial charge in [0.25, 0.3) is 11.5 Å². The van der Waals surface area contributed by atoms with Crippen molar-refractivity contribution in [1.82, 2.24) is 24.3 Å². The summed E-state index contributed by atoms with van der Waals surface area (Å²) in [5.41, 5.74) is 5.70. The highest BCUT2D eigenvalue weighted by atomic mass is 31.3. The molecule has 394 valence electrons. The number of phosphoric ester groups is 1. The second-order valence-electron chi connectivity index (χ2n) is 18.6. The van der Waals surface area contributed by atoms with Crippen molar-refractivity contribution in [2.75, 3.05) is 58.8 Å². The number of hydrogen-bond acceptors (Lipinski definition) is 14. The number of benzene rings is 3. The van der Waals surface area contributed by atoms with Gasteiger partial charge in [-0.15, -0.1) is 0 Å². The summed E-state index contributed by atoms with van der Waals surface area (Å²) < 4.78 is 55.0. The number of aliphatic hydroxyl groups is 2. The first-order valence-corrected chi connectivity index (χ1v) is 27.8. The van der Waals surface area contributed by atoms with Crippen molar-refractivity contribution in [2.45, 2.75) is 76.4 Å². The standard InChI is InChI=1S/C47H59N6O17P3/c1-7-52-22-11-14-28-23-34-36(25-37(28)52)47(2,3)35-24-30(50(4)5)18-19-33(35)40(34)31-15-8-9-16-32(31)44(58)51(6)21-12-17-39(54)48-20-10-13-29-26-53(46(59)49-43(29)57)45-42(56)41(55)38(68-45)27-67-72(63,64)70-73(65,66)69-71(60,61)62/h8-10,13,15-16,18-19,23-26,38,41-42,45,55-56H,7,11-12,14,17,20-22,27H2,1-6H3,(H5-,48,49,54,57,59,60,61,62,63,64,65,66)/p+1/b13-10+/t38-,41-,42-,45-/m1/s1. The molecule has 73 heavy (non-hydrogen) atoms. The molecule has 1 saturated heterocycles. The predicted octanol–water partition coefficient (Wildman–Crippen LogP) is 1.59. The molecule has 0 bridgehead atoms. The van der Waals surface area contributed by atoms with Crippen molar-refractivity contribution in [3.8, 4) is 0 Å². The highest BCUT2D eigenvalue weighted by Crippen LogP contribution is 2.66. The fourth-order valence-corrected chi connectivity index (χ4v) is 12.4. The van der Waals surface area contributed by atoms with E-state index in [-0.39, 0.29) is 42.3 Å². The smallest absolute Gasteiger partial charge is 0.387 e. The van der Waals surface area contributed by atoms with Crippen molar-refractivity contribution in [1.29, 1.82) is 0 Å². The van der Waals surface area contributed by atoms with Crippen LogP contribution in [0.4, 0.5) is 5.69 Å². The Hall–Kier alpha value is -5.22. The fraction of sp³-hybridized carbons (Fsp3) is 0.426. The Morgan fingerprint density at radius 2 is 1.68 bits per heavy atom. The molecule has 2 aliphatic heterocycles. The lowest BCUT2D eigenvalue weighted by molar-refractivity contribution is -0.121. The third-order valence-electron chi connectivity index (χ3n) is 13.0. The number of ether oxygens (including phenoxy) is 1. The maximum absolute atomic E-state index is 14.4. The van der Waals surface area contributed by atoms with Gasteiger partial charge in [0.05, 0.1) is 12.2 Å². The van der Waals surface area contributed by atoms with E-state index in [9.17, 15) is 52.9 Å². The Labute approximate surface area is 419 Å². The number of hydrogen-bond donors (Lipinski definition) is 8. The lowest BCUT2D eigenvalue weighted by atomic mass is 9.68. The van der Waals surface area contributed by atoms with Gasteiger partial charge in [0.15, 0.2) is 6.23 Å². The number of amides is 2. The summed E-state index contributed by atoms with van der Waals surface area (Å²) in [5.74, 6) is -0.547. The predicted molar refractivity (Wildman–Crippen MR) is 267 cm³/mol. The number of rotatable bonds is 19. The van der Waals surface area contributed by atoms with Gasteiger partial charge in [0.1, 0.15) is 31.4 Å². The van der Waals surface area contributed by atoms with Crippen LogP contribution in [0.1, 0.15) is 90.0 Å². The van der Waals surface area contributed by atoms with E-state index in [1.165, 1.54) is 34.2 Å². The fourth-order valence-electron chi connectivity index (χ4n) is 9.38. The third-order valence-corrected chi connectivity index (χ3v) is 16.8. The molecule has 1 fully saturated rings. The number of H-pyrrole nitrogens is 1. The molecule has 1 aliphatic carbocycles. The van der Waals surface area contributed by atoms with Crippen molar-refractivity contribution < 1.29 is 71.0 Å². The summed E-state index contributed by atoms with van der Waals surface area (Å²) in [5, 5.41) is 26.3. The van der Waals surface area contributed by atoms with E-state index in [0.29, 0.717) is 16.6 Å². The van der Waals surface area contributed by atoms with Crippen LogP contribution in [0.15, 0.2) is 76.5 Å². The third kappa shape index (κ3) is 12.5. The summed E-state index contributed by atoms with van der Waals surface area (Å²) in [6, 6.07) is 18.9. The van der Waals surface area contributed by atoms with Gasteiger partial charge < -0.3 is 49.6 Å². The average molecular weight is 1070 g/mol. The first-order chi connectivity index (χ1) is 34.2. The summed E-state index contributed by atoms with van der Waals surface area (Å²) in [7, 11) is -11.4. The second kappa shape index (κ2) is 21.9. The van der Waals surface area contributed by atoms with E-state index in [0.717, 1.165) is 59.7 Å². The number of nitrogens with one attached hydrogen (secondary N) is 2. The van der Waals surface area contributed by atoms with Crippen LogP contribution in [0.3, 0.4) is 0 Å². The van der Waals surface area contributed by atoms with E-state index in [1.807, 2.05) is 43.3 Å². The van der Waals surface area contributed by atoms with Gasteiger partial charge in [-0.2, -0.15) is 8.62 Å². The van der Waals surface area contributed by atoms with Gasteiger partial charge in [-0.3, -0.25) is 28.5 Å². The Bertz CT molecular complexity index is 3240. The lowest BCUT2D eigenvalue weighted by Gasteiger charge is -2.36. The highest BCUT2D eigenvalue weighted by molar-refractivity contribution is 7.66. The molecule has 6 atom stereocenters. The maximum atomic E-state index is 14.4. The Balaban J connectivity index is 0.994. The van der Waals surface area contributed by atoms with E-state index in [1.54, 1.807) is 11.9 Å². The van der Waals surface area contributed by atoms with Crippen LogP contribution < -0.4 is 36.6 Å². The minimum absolute atomic E-state index is 0.0579. The molecule has 0 saturated carbocycles. The normalized spacial score (nSPS) is 20.9. The van der Waals surface area contributed by atoms with E-state index in [4.69, 9.17) is 14.5 Å². The molecule has 0 spiro atoms. The quantitative estimate of drug-likeness (QED) is 0.0488. The van der Waals surface area contributed by atoms with Crippen molar-refractivity contribution >= 4 is 52.6 Å². The number of aromatic nitrogens is 2. The number of carbonyl (C=O) groups excluding carboxylic acids is 2. The number of fused-ring (bicyclic) bond motifs is 3. The molecule has 3 aliphatic rings. The monoisotopic (exact) mass is 1070 g/mol. The van der Waals surface area contributed by atoms with Crippen molar-refractivity contribution in [3.05, 3.63) is 137 Å². The van der Waals surface area contributed by atoms with Crippen LogP contribution in [-0.4, -0.2) is 128 Å².